The van der Waals surface area contributed by atoms with Crippen molar-refractivity contribution >= 4 is 20.7 Å². The minimum atomic E-state index is -4.53. The highest BCUT2D eigenvalue weighted by Crippen LogP contribution is 2.37. The Balaban J connectivity index is 1.55. The van der Waals surface area contributed by atoms with Gasteiger partial charge in [0.2, 0.25) is 0 Å². The lowest BCUT2D eigenvalue weighted by atomic mass is 9.99. The highest BCUT2D eigenvalue weighted by atomic mass is 32.2. The maximum absolute atomic E-state index is 13.5. The van der Waals surface area contributed by atoms with Crippen LogP contribution in [-0.2, 0) is 16.0 Å². The van der Waals surface area contributed by atoms with Gasteiger partial charge in [-0.3, -0.25) is 4.98 Å². The van der Waals surface area contributed by atoms with E-state index in [1.54, 1.807) is 55.5 Å². The third-order valence-corrected chi connectivity index (χ3v) is 7.58. The van der Waals surface area contributed by atoms with E-state index >= 15 is 0 Å². The number of hydrogen-bond acceptors (Lipinski definition) is 5. The van der Waals surface area contributed by atoms with Crippen LogP contribution < -0.4 is 10.1 Å². The Morgan fingerprint density at radius 1 is 0.974 bits per heavy atom. The molecule has 9 heteroatoms. The zero-order valence-corrected chi connectivity index (χ0v) is 21.4. The minimum absolute atomic E-state index is 0.0203. The molecule has 38 heavy (non-hydrogen) atoms. The quantitative estimate of drug-likeness (QED) is 0.195. The maximum Gasteiger partial charge on any atom is 0.418 e. The van der Waals surface area contributed by atoms with Crippen molar-refractivity contribution in [3.63, 3.8) is 0 Å². The van der Waals surface area contributed by atoms with Crippen molar-refractivity contribution in [1.82, 2.24) is 10.3 Å². The van der Waals surface area contributed by atoms with E-state index < -0.39 is 21.6 Å². The Bertz CT molecular complexity index is 1610. The largest absolute Gasteiger partial charge is 0.457 e. The van der Waals surface area contributed by atoms with Crippen LogP contribution in [0.1, 0.15) is 18.9 Å². The standard InChI is InChI=1S/C29H25F3N2O3S/c1-2-3-15-33-16-7-18-38(35,36)24-11-5-10-23(20-24)37-22-9-4-8-21(19-22)25-14-17-34-28-26(25)12-6-13-27(28)29(30,31)32/h4-6,8-14,17,19-20,33H,7,15-16,18H2,1H3. The number of para-hydroxylation sites is 1. The van der Waals surface area contributed by atoms with E-state index in [-0.39, 0.29) is 16.2 Å². The molecule has 0 atom stereocenters. The van der Waals surface area contributed by atoms with E-state index in [2.05, 4.69) is 22.1 Å². The summed E-state index contributed by atoms with van der Waals surface area (Å²) in [6, 6.07) is 18.7. The van der Waals surface area contributed by atoms with Crippen molar-refractivity contribution < 1.29 is 26.3 Å². The van der Waals surface area contributed by atoms with E-state index in [4.69, 9.17) is 4.74 Å². The Morgan fingerprint density at radius 2 is 1.71 bits per heavy atom. The molecule has 0 amide bonds. The number of nitrogens with one attached hydrogen (secondary N) is 1. The van der Waals surface area contributed by atoms with Gasteiger partial charge in [-0.15, -0.1) is 5.92 Å². The fraction of sp³-hybridized carbons (Fsp3) is 0.207. The second-order valence-electron chi connectivity index (χ2n) is 8.44. The Labute approximate surface area is 219 Å². The molecule has 1 heterocycles. The first-order valence-electron chi connectivity index (χ1n) is 11.9. The molecule has 0 aliphatic rings. The number of aromatic nitrogens is 1. The molecular weight excluding hydrogens is 513 g/mol. The van der Waals surface area contributed by atoms with Crippen LogP contribution in [0.4, 0.5) is 13.2 Å². The smallest absolute Gasteiger partial charge is 0.418 e. The molecule has 0 aliphatic carbocycles. The molecule has 0 fully saturated rings. The van der Waals surface area contributed by atoms with Gasteiger partial charge in [0.05, 0.1) is 28.3 Å². The highest BCUT2D eigenvalue weighted by Gasteiger charge is 2.33. The predicted molar refractivity (Wildman–Crippen MR) is 142 cm³/mol. The summed E-state index contributed by atoms with van der Waals surface area (Å²) >= 11 is 0. The van der Waals surface area contributed by atoms with E-state index in [1.807, 2.05) is 0 Å². The van der Waals surface area contributed by atoms with Crippen LogP contribution in [0.5, 0.6) is 11.5 Å². The molecule has 1 N–H and O–H groups in total. The van der Waals surface area contributed by atoms with Crippen molar-refractivity contribution in [2.75, 3.05) is 18.8 Å². The van der Waals surface area contributed by atoms with E-state index in [0.29, 0.717) is 47.5 Å². The summed E-state index contributed by atoms with van der Waals surface area (Å²) in [5, 5.41) is 3.44. The summed E-state index contributed by atoms with van der Waals surface area (Å²) in [5.41, 5.74) is 0.280. The van der Waals surface area contributed by atoms with Gasteiger partial charge in [0, 0.05) is 11.6 Å². The van der Waals surface area contributed by atoms with Gasteiger partial charge in [-0.05, 0) is 73.5 Å². The van der Waals surface area contributed by atoms with Gasteiger partial charge in [0.15, 0.2) is 9.84 Å². The number of nitrogens with zero attached hydrogens (tertiary/aromatic N) is 1. The molecule has 196 valence electrons. The molecule has 0 unspecified atom stereocenters. The summed E-state index contributed by atoms with van der Waals surface area (Å²) < 4.78 is 72.0. The normalized spacial score (nSPS) is 11.7. The van der Waals surface area contributed by atoms with Crippen LogP contribution in [0.15, 0.2) is 83.9 Å². The summed E-state index contributed by atoms with van der Waals surface area (Å²) in [6.45, 7) is 2.79. The first-order valence-corrected chi connectivity index (χ1v) is 13.5. The van der Waals surface area contributed by atoms with Gasteiger partial charge in [-0.25, -0.2) is 8.42 Å². The lowest BCUT2D eigenvalue weighted by molar-refractivity contribution is -0.136. The van der Waals surface area contributed by atoms with Crippen LogP contribution in [0.2, 0.25) is 0 Å². The molecule has 0 bridgehead atoms. The van der Waals surface area contributed by atoms with Crippen molar-refractivity contribution in [2.24, 2.45) is 0 Å². The Kier molecular flexibility index (Phi) is 8.35. The van der Waals surface area contributed by atoms with E-state index in [0.717, 1.165) is 6.07 Å². The second-order valence-corrected chi connectivity index (χ2v) is 10.5. The van der Waals surface area contributed by atoms with Crippen molar-refractivity contribution in [2.45, 2.75) is 24.4 Å². The lowest BCUT2D eigenvalue weighted by Crippen LogP contribution is -2.19. The summed E-state index contributed by atoms with van der Waals surface area (Å²) in [7, 11) is -3.51. The number of rotatable bonds is 9. The van der Waals surface area contributed by atoms with Crippen LogP contribution in [0.3, 0.4) is 0 Å². The van der Waals surface area contributed by atoms with Crippen molar-refractivity contribution in [1.29, 1.82) is 0 Å². The van der Waals surface area contributed by atoms with Crippen LogP contribution in [0, 0.1) is 11.8 Å². The Hall–Kier alpha value is -3.87. The number of alkyl halides is 3. The molecule has 0 saturated carbocycles. The summed E-state index contributed by atoms with van der Waals surface area (Å²) in [4.78, 5) is 4.13. The van der Waals surface area contributed by atoms with Crippen LogP contribution >= 0.6 is 0 Å². The number of pyridine rings is 1. The monoisotopic (exact) mass is 538 g/mol. The van der Waals surface area contributed by atoms with Gasteiger partial charge in [-0.2, -0.15) is 13.2 Å². The maximum atomic E-state index is 13.5. The molecule has 1 aromatic heterocycles. The van der Waals surface area contributed by atoms with E-state index in [9.17, 15) is 21.6 Å². The minimum Gasteiger partial charge on any atom is -0.457 e. The zero-order chi connectivity index (χ0) is 27.2. The topological polar surface area (TPSA) is 68.3 Å². The van der Waals surface area contributed by atoms with E-state index in [1.165, 1.54) is 24.4 Å². The summed E-state index contributed by atoms with van der Waals surface area (Å²) in [6.07, 6.45) is -2.74. The van der Waals surface area contributed by atoms with Gasteiger partial charge >= 0.3 is 6.18 Å². The molecular formula is C29H25F3N2O3S. The lowest BCUT2D eigenvalue weighted by Gasteiger charge is -2.13. The molecule has 0 radical (unpaired) electrons. The first kappa shape index (κ1) is 27.2. The number of fused-ring (bicyclic) bond motifs is 1. The molecule has 4 rings (SSSR count). The molecule has 4 aromatic rings. The van der Waals surface area contributed by atoms with Crippen molar-refractivity contribution in [3.05, 3.63) is 84.6 Å². The SMILES string of the molecule is CC#CCNCCCS(=O)(=O)c1cccc(Oc2cccc(-c3ccnc4c(C(F)(F)F)cccc34)c2)c1. The highest BCUT2D eigenvalue weighted by molar-refractivity contribution is 7.91. The fourth-order valence-electron chi connectivity index (χ4n) is 4.00. The van der Waals surface area contributed by atoms with Crippen LogP contribution in [0.25, 0.3) is 22.0 Å². The van der Waals surface area contributed by atoms with Gasteiger partial charge < -0.3 is 10.1 Å². The number of sulfone groups is 1. The third-order valence-electron chi connectivity index (χ3n) is 5.78. The van der Waals surface area contributed by atoms with Gasteiger partial charge in [0.1, 0.15) is 11.5 Å². The number of halogens is 3. The molecule has 0 saturated heterocycles. The average Bonchev–Trinajstić information content (AvgIpc) is 2.90. The third kappa shape index (κ3) is 6.52. The second kappa shape index (κ2) is 11.7. The number of hydrogen-bond donors (Lipinski definition) is 1. The molecule has 3 aromatic carbocycles. The predicted octanol–water partition coefficient (Wildman–Crippen LogP) is 6.49. The van der Waals surface area contributed by atoms with Crippen LogP contribution in [-0.4, -0.2) is 32.2 Å². The Morgan fingerprint density at radius 3 is 2.47 bits per heavy atom. The average molecular weight is 539 g/mol. The van der Waals surface area contributed by atoms with Crippen molar-refractivity contribution in [3.8, 4) is 34.5 Å². The summed E-state index contributed by atoms with van der Waals surface area (Å²) in [5.74, 6) is 6.35. The first-order chi connectivity index (χ1) is 18.2. The fourth-order valence-corrected chi connectivity index (χ4v) is 5.34. The van der Waals surface area contributed by atoms with Gasteiger partial charge in [0.25, 0.3) is 0 Å². The zero-order valence-electron chi connectivity index (χ0n) is 20.5. The molecule has 0 spiro atoms. The molecule has 5 nitrogen and oxygen atoms in total. The van der Waals surface area contributed by atoms with Gasteiger partial charge in [-0.1, -0.05) is 36.3 Å². The number of ether oxygens (including phenoxy) is 1. The molecule has 0 aliphatic heterocycles. The number of benzene rings is 3.